The van der Waals surface area contributed by atoms with Crippen molar-refractivity contribution in [2.45, 2.75) is 96.7 Å². The third-order valence-corrected chi connectivity index (χ3v) is 9.13. The number of amides is 1. The van der Waals surface area contributed by atoms with Crippen molar-refractivity contribution in [2.75, 3.05) is 13.1 Å². The van der Waals surface area contributed by atoms with Crippen LogP contribution in [0.3, 0.4) is 0 Å². The molecule has 5 rings (SSSR count). The van der Waals surface area contributed by atoms with Crippen LogP contribution in [0.2, 0.25) is 0 Å². The molecule has 2 aliphatic rings. The van der Waals surface area contributed by atoms with Gasteiger partial charge >= 0.3 is 11.9 Å². The zero-order valence-electron chi connectivity index (χ0n) is 28.8. The Labute approximate surface area is 288 Å². The van der Waals surface area contributed by atoms with Crippen LogP contribution in [0.5, 0.6) is 0 Å². The first-order valence-electron chi connectivity index (χ1n) is 17.1. The molecule has 0 radical (unpaired) electrons. The molecule has 5 atom stereocenters. The highest BCUT2D eigenvalue weighted by Crippen LogP contribution is 2.42. The molecule has 49 heavy (non-hydrogen) atoms. The first kappa shape index (κ1) is 36.2. The van der Waals surface area contributed by atoms with E-state index in [1.54, 1.807) is 0 Å². The second kappa shape index (κ2) is 16.1. The van der Waals surface area contributed by atoms with Crippen LogP contribution in [0.25, 0.3) is 11.1 Å². The van der Waals surface area contributed by atoms with Gasteiger partial charge in [-0.3, -0.25) is 19.3 Å². The van der Waals surface area contributed by atoms with E-state index in [0.717, 1.165) is 52.8 Å². The molecule has 0 unspecified atom stereocenters. The minimum absolute atomic E-state index is 0.0343. The summed E-state index contributed by atoms with van der Waals surface area (Å²) in [5.74, 6) is -1.55. The van der Waals surface area contributed by atoms with E-state index in [1.807, 2.05) is 93.6 Å². The van der Waals surface area contributed by atoms with Gasteiger partial charge in [0.1, 0.15) is 11.6 Å². The van der Waals surface area contributed by atoms with Gasteiger partial charge in [0, 0.05) is 31.0 Å². The number of esters is 1. The Hall–Kier alpha value is -4.09. The predicted octanol–water partition coefficient (Wildman–Crippen LogP) is 5.92. The van der Waals surface area contributed by atoms with E-state index in [4.69, 9.17) is 19.3 Å². The molecule has 2 fully saturated rings. The molecule has 2 saturated heterocycles. The summed E-state index contributed by atoms with van der Waals surface area (Å²) in [5.41, 5.74) is 4.92. The molecule has 262 valence electrons. The summed E-state index contributed by atoms with van der Waals surface area (Å²) in [6.45, 7) is 9.36. The van der Waals surface area contributed by atoms with Crippen molar-refractivity contribution in [3.63, 3.8) is 0 Å². The van der Waals surface area contributed by atoms with Crippen LogP contribution >= 0.6 is 0 Å². The molecule has 2 heterocycles. The number of hydrogen-bond donors (Lipinski definition) is 3. The van der Waals surface area contributed by atoms with Crippen molar-refractivity contribution in [1.82, 2.24) is 10.2 Å². The fourth-order valence-corrected chi connectivity index (χ4v) is 6.52. The van der Waals surface area contributed by atoms with Crippen molar-refractivity contribution in [3.8, 4) is 11.1 Å². The second-order valence-corrected chi connectivity index (χ2v) is 14.0. The number of nitrogens with one attached hydrogen (secondary N) is 1. The fourth-order valence-electron chi connectivity index (χ4n) is 6.52. The maximum absolute atomic E-state index is 13.1. The van der Waals surface area contributed by atoms with E-state index in [-0.39, 0.29) is 62.0 Å². The number of aliphatic hydroxyl groups excluding tert-OH is 1. The van der Waals surface area contributed by atoms with E-state index >= 15 is 0 Å². The van der Waals surface area contributed by atoms with Gasteiger partial charge in [0.05, 0.1) is 25.2 Å². The topological polar surface area (TPSA) is 135 Å². The molecule has 3 aromatic carbocycles. The van der Waals surface area contributed by atoms with Gasteiger partial charge in [-0.15, -0.1) is 0 Å². The molecule has 1 amide bonds. The average molecular weight is 673 g/mol. The summed E-state index contributed by atoms with van der Waals surface area (Å²) in [6, 6.07) is 23.2. The number of likely N-dealkylation sites (tertiary alicyclic amines) is 1. The summed E-state index contributed by atoms with van der Waals surface area (Å²) < 4.78 is 19.1. The molecule has 0 bridgehead atoms. The number of aliphatic hydroxyl groups is 1. The number of hydrogen-bond acceptors (Lipinski definition) is 8. The number of carboxylic acid groups (broad SMARTS) is 1. The molecule has 0 spiro atoms. The number of carbonyl (C=O) groups is 3. The molecule has 0 aliphatic carbocycles. The van der Waals surface area contributed by atoms with Crippen LogP contribution in [0.4, 0.5) is 0 Å². The Morgan fingerprint density at radius 1 is 0.939 bits per heavy atom. The highest BCUT2D eigenvalue weighted by atomic mass is 16.7. The van der Waals surface area contributed by atoms with E-state index < -0.39 is 17.9 Å². The van der Waals surface area contributed by atoms with Crippen molar-refractivity contribution in [3.05, 3.63) is 95.1 Å². The first-order valence-corrected chi connectivity index (χ1v) is 17.1. The Morgan fingerprint density at radius 2 is 1.63 bits per heavy atom. The van der Waals surface area contributed by atoms with E-state index in [1.165, 1.54) is 0 Å². The van der Waals surface area contributed by atoms with Gasteiger partial charge in [-0.05, 0) is 68.0 Å². The number of carbonyl (C=O) groups excluding carboxylic acids is 2. The third-order valence-electron chi connectivity index (χ3n) is 9.13. The van der Waals surface area contributed by atoms with E-state index in [9.17, 15) is 19.5 Å². The van der Waals surface area contributed by atoms with E-state index in [0.29, 0.717) is 6.54 Å². The highest BCUT2D eigenvalue weighted by Gasteiger charge is 2.42. The van der Waals surface area contributed by atoms with Crippen molar-refractivity contribution >= 4 is 17.8 Å². The highest BCUT2D eigenvalue weighted by molar-refractivity contribution is 5.81. The number of benzene rings is 3. The lowest BCUT2D eigenvalue weighted by molar-refractivity contribution is -0.276. The normalized spacial score (nSPS) is 22.8. The Morgan fingerprint density at radius 3 is 2.31 bits per heavy atom. The van der Waals surface area contributed by atoms with Gasteiger partial charge in [-0.25, -0.2) is 0 Å². The molecular weight excluding hydrogens is 624 g/mol. The van der Waals surface area contributed by atoms with Crippen molar-refractivity contribution in [1.29, 1.82) is 0 Å². The molecule has 3 aromatic rings. The second-order valence-electron chi connectivity index (χ2n) is 14.0. The standard InChI is InChI=1S/C39H48N2O8/c1-25-33(23-41-21-7-10-32(41)37(46)49-39(2,3)4)47-38(48-36(25)28-13-11-26(24-42)12-14-28)29-17-15-27(16-18-29)31-9-6-5-8-30(31)22-40-34(43)19-20-35(44)45/h5-6,8-9,11-18,25,32-33,36,38,42H,7,10,19-24H2,1-4H3,(H,40,43)(H,44,45)/t25-,32-,33+,36+,38+/m0/s1. The van der Waals surface area contributed by atoms with Crippen LogP contribution in [0, 0.1) is 5.92 Å². The lowest BCUT2D eigenvalue weighted by Gasteiger charge is -2.43. The van der Waals surface area contributed by atoms with Crippen LogP contribution < -0.4 is 5.32 Å². The lowest BCUT2D eigenvalue weighted by atomic mass is 9.89. The molecule has 0 aromatic heterocycles. The van der Waals surface area contributed by atoms with Gasteiger partial charge in [-0.2, -0.15) is 0 Å². The van der Waals surface area contributed by atoms with Gasteiger partial charge in [0.25, 0.3) is 0 Å². The molecule has 2 aliphatic heterocycles. The number of rotatable bonds is 12. The lowest BCUT2D eigenvalue weighted by Crippen LogP contribution is -2.48. The maximum atomic E-state index is 13.1. The Kier molecular flexibility index (Phi) is 11.9. The van der Waals surface area contributed by atoms with Gasteiger partial charge in [0.15, 0.2) is 6.29 Å². The van der Waals surface area contributed by atoms with Gasteiger partial charge < -0.3 is 29.7 Å². The molecule has 0 saturated carbocycles. The number of nitrogens with zero attached hydrogens (tertiary/aromatic N) is 1. The summed E-state index contributed by atoms with van der Waals surface area (Å²) >= 11 is 0. The number of ether oxygens (including phenoxy) is 3. The molecular formula is C39H48N2O8. The Balaban J connectivity index is 1.36. The summed E-state index contributed by atoms with van der Waals surface area (Å²) in [6.07, 6.45) is 0.182. The smallest absolute Gasteiger partial charge is 0.323 e. The van der Waals surface area contributed by atoms with Crippen molar-refractivity contribution < 1.29 is 38.8 Å². The molecule has 10 nitrogen and oxygen atoms in total. The van der Waals surface area contributed by atoms with Crippen LogP contribution in [-0.4, -0.2) is 63.8 Å². The SMILES string of the molecule is C[C@H]1[C@@H](CN2CCC[C@H]2C(=O)OC(C)(C)C)O[C@@H](c2ccc(-c3ccccc3CNC(=O)CCC(=O)O)cc2)O[C@H]1c1ccc(CO)cc1. The minimum atomic E-state index is -1.01. The number of aliphatic carboxylic acids is 1. The maximum Gasteiger partial charge on any atom is 0.323 e. The monoisotopic (exact) mass is 672 g/mol. The quantitative estimate of drug-likeness (QED) is 0.200. The van der Waals surface area contributed by atoms with Crippen LogP contribution in [0.15, 0.2) is 72.8 Å². The fraction of sp³-hybridized carbons (Fsp3) is 0.462. The zero-order valence-corrected chi connectivity index (χ0v) is 28.8. The Bertz CT molecular complexity index is 1580. The first-order chi connectivity index (χ1) is 23.4. The van der Waals surface area contributed by atoms with Gasteiger partial charge in [0.2, 0.25) is 5.91 Å². The predicted molar refractivity (Wildman–Crippen MR) is 184 cm³/mol. The minimum Gasteiger partial charge on any atom is -0.481 e. The molecule has 3 N–H and O–H groups in total. The third kappa shape index (κ3) is 9.54. The van der Waals surface area contributed by atoms with E-state index in [2.05, 4.69) is 17.1 Å². The average Bonchev–Trinajstić information content (AvgIpc) is 3.55. The largest absolute Gasteiger partial charge is 0.481 e. The summed E-state index contributed by atoms with van der Waals surface area (Å²) in [7, 11) is 0. The number of carboxylic acids is 1. The summed E-state index contributed by atoms with van der Waals surface area (Å²) in [5, 5.41) is 21.3. The molecule has 10 heteroatoms. The van der Waals surface area contributed by atoms with Crippen LogP contribution in [0.1, 0.15) is 88.0 Å². The van der Waals surface area contributed by atoms with Crippen LogP contribution in [-0.2, 0) is 41.7 Å². The summed E-state index contributed by atoms with van der Waals surface area (Å²) in [4.78, 5) is 38.3. The zero-order chi connectivity index (χ0) is 35.1. The van der Waals surface area contributed by atoms with Gasteiger partial charge in [-0.1, -0.05) is 79.7 Å². The van der Waals surface area contributed by atoms with Crippen molar-refractivity contribution in [2.24, 2.45) is 5.92 Å².